The van der Waals surface area contributed by atoms with Crippen molar-refractivity contribution >= 4 is 0 Å². The molecule has 1 aromatic heterocycles. The van der Waals surface area contributed by atoms with E-state index in [1.807, 2.05) is 30.8 Å². The highest BCUT2D eigenvalue weighted by molar-refractivity contribution is 5.08. The van der Waals surface area contributed by atoms with Gasteiger partial charge in [0, 0.05) is 12.7 Å². The van der Waals surface area contributed by atoms with E-state index >= 15 is 0 Å². The number of aromatic nitrogens is 2. The normalized spacial score (nSPS) is 12.4. The third kappa shape index (κ3) is 2.56. The standard InChI is InChI=1S/C10H19N3O/c1-8(2)7-13-6-5-9(12-13)10(3,4)14-11/h5-6,8H,7,11H2,1-4H3. The van der Waals surface area contributed by atoms with Crippen LogP contribution in [0.15, 0.2) is 12.3 Å². The lowest BCUT2D eigenvalue weighted by Gasteiger charge is -2.18. The maximum Gasteiger partial charge on any atom is 0.127 e. The van der Waals surface area contributed by atoms with Crippen molar-refractivity contribution in [3.05, 3.63) is 18.0 Å². The molecule has 0 amide bonds. The third-order valence-electron chi connectivity index (χ3n) is 2.10. The molecule has 0 radical (unpaired) electrons. The van der Waals surface area contributed by atoms with Gasteiger partial charge in [-0.15, -0.1) is 0 Å². The van der Waals surface area contributed by atoms with Crippen LogP contribution in [0.4, 0.5) is 0 Å². The molecule has 1 rings (SSSR count). The highest BCUT2D eigenvalue weighted by Gasteiger charge is 2.23. The molecule has 0 aliphatic rings. The molecule has 0 aromatic carbocycles. The van der Waals surface area contributed by atoms with Gasteiger partial charge >= 0.3 is 0 Å². The SMILES string of the molecule is CC(C)Cn1ccc(C(C)(C)ON)n1. The first kappa shape index (κ1) is 11.2. The molecule has 0 saturated heterocycles. The molecule has 0 unspecified atom stereocenters. The minimum Gasteiger partial charge on any atom is -0.292 e. The molecule has 0 bridgehead atoms. The molecule has 1 heterocycles. The molecule has 0 saturated carbocycles. The molecular weight excluding hydrogens is 178 g/mol. The Labute approximate surface area is 85.0 Å². The van der Waals surface area contributed by atoms with Crippen LogP contribution in [0.25, 0.3) is 0 Å². The predicted octanol–water partition coefficient (Wildman–Crippen LogP) is 1.66. The summed E-state index contributed by atoms with van der Waals surface area (Å²) in [6, 6.07) is 1.94. The first-order valence-electron chi connectivity index (χ1n) is 4.87. The van der Waals surface area contributed by atoms with E-state index in [1.54, 1.807) is 0 Å². The van der Waals surface area contributed by atoms with Crippen LogP contribution in [0.3, 0.4) is 0 Å². The number of rotatable bonds is 4. The summed E-state index contributed by atoms with van der Waals surface area (Å²) in [6.45, 7) is 9.03. The fraction of sp³-hybridized carbons (Fsp3) is 0.700. The monoisotopic (exact) mass is 197 g/mol. The van der Waals surface area contributed by atoms with Gasteiger partial charge < -0.3 is 0 Å². The summed E-state index contributed by atoms with van der Waals surface area (Å²) >= 11 is 0. The summed E-state index contributed by atoms with van der Waals surface area (Å²) in [5, 5.41) is 4.40. The molecule has 1 aromatic rings. The molecule has 14 heavy (non-hydrogen) atoms. The van der Waals surface area contributed by atoms with Crippen LogP contribution >= 0.6 is 0 Å². The lowest BCUT2D eigenvalue weighted by atomic mass is 10.1. The van der Waals surface area contributed by atoms with Crippen molar-refractivity contribution in [2.45, 2.75) is 39.8 Å². The Morgan fingerprint density at radius 3 is 2.71 bits per heavy atom. The van der Waals surface area contributed by atoms with Crippen LogP contribution < -0.4 is 5.90 Å². The summed E-state index contributed by atoms with van der Waals surface area (Å²) in [4.78, 5) is 4.87. The Morgan fingerprint density at radius 1 is 1.57 bits per heavy atom. The van der Waals surface area contributed by atoms with Gasteiger partial charge in [-0.05, 0) is 25.8 Å². The van der Waals surface area contributed by atoms with E-state index in [4.69, 9.17) is 10.7 Å². The molecule has 80 valence electrons. The average Bonchev–Trinajstić information content (AvgIpc) is 2.52. The van der Waals surface area contributed by atoms with Crippen LogP contribution in [0, 0.1) is 5.92 Å². The van der Waals surface area contributed by atoms with Gasteiger partial charge in [-0.1, -0.05) is 13.8 Å². The lowest BCUT2D eigenvalue weighted by Crippen LogP contribution is -2.26. The van der Waals surface area contributed by atoms with Crippen molar-refractivity contribution < 1.29 is 4.84 Å². The first-order valence-corrected chi connectivity index (χ1v) is 4.87. The zero-order valence-corrected chi connectivity index (χ0v) is 9.32. The van der Waals surface area contributed by atoms with Gasteiger partial charge in [0.1, 0.15) is 5.60 Å². The zero-order chi connectivity index (χ0) is 10.8. The highest BCUT2D eigenvalue weighted by Crippen LogP contribution is 2.20. The smallest absolute Gasteiger partial charge is 0.127 e. The Balaban J connectivity index is 2.77. The number of nitrogens with zero attached hydrogens (tertiary/aromatic N) is 2. The van der Waals surface area contributed by atoms with Crippen LogP contribution in [-0.2, 0) is 17.0 Å². The Hall–Kier alpha value is -0.870. The number of nitrogens with two attached hydrogens (primary N) is 1. The minimum atomic E-state index is -0.512. The van der Waals surface area contributed by atoms with Crippen molar-refractivity contribution in [2.75, 3.05) is 0 Å². The van der Waals surface area contributed by atoms with Crippen molar-refractivity contribution in [2.24, 2.45) is 11.8 Å². The summed E-state index contributed by atoms with van der Waals surface area (Å²) in [7, 11) is 0. The van der Waals surface area contributed by atoms with Gasteiger partial charge in [0.25, 0.3) is 0 Å². The molecule has 0 spiro atoms. The first-order chi connectivity index (χ1) is 6.45. The molecule has 0 fully saturated rings. The summed E-state index contributed by atoms with van der Waals surface area (Å²) in [6.07, 6.45) is 1.95. The van der Waals surface area contributed by atoms with Gasteiger partial charge in [-0.2, -0.15) is 5.10 Å². The van der Waals surface area contributed by atoms with E-state index in [1.165, 1.54) is 0 Å². The maximum atomic E-state index is 5.20. The van der Waals surface area contributed by atoms with E-state index in [-0.39, 0.29) is 0 Å². The van der Waals surface area contributed by atoms with Crippen LogP contribution in [0.5, 0.6) is 0 Å². The van der Waals surface area contributed by atoms with Crippen molar-refractivity contribution in [1.29, 1.82) is 0 Å². The fourth-order valence-electron chi connectivity index (χ4n) is 1.22. The van der Waals surface area contributed by atoms with Gasteiger partial charge in [-0.25, -0.2) is 5.90 Å². The van der Waals surface area contributed by atoms with Gasteiger partial charge in [-0.3, -0.25) is 9.52 Å². The molecular formula is C10H19N3O. The maximum absolute atomic E-state index is 5.20. The van der Waals surface area contributed by atoms with Gasteiger partial charge in [0.15, 0.2) is 0 Å². The van der Waals surface area contributed by atoms with E-state index < -0.39 is 5.60 Å². The fourth-order valence-corrected chi connectivity index (χ4v) is 1.22. The molecule has 2 N–H and O–H groups in total. The van der Waals surface area contributed by atoms with E-state index in [0.29, 0.717) is 5.92 Å². The van der Waals surface area contributed by atoms with E-state index in [2.05, 4.69) is 18.9 Å². The quantitative estimate of drug-likeness (QED) is 0.747. The van der Waals surface area contributed by atoms with Gasteiger partial charge in [0.05, 0.1) is 5.69 Å². The second-order valence-electron chi connectivity index (χ2n) is 4.45. The Kier molecular flexibility index (Phi) is 3.29. The van der Waals surface area contributed by atoms with Crippen molar-refractivity contribution in [3.63, 3.8) is 0 Å². The summed E-state index contributed by atoms with van der Waals surface area (Å²) in [5.41, 5.74) is 0.350. The molecule has 0 aliphatic carbocycles. The van der Waals surface area contributed by atoms with Gasteiger partial charge in [0.2, 0.25) is 0 Å². The van der Waals surface area contributed by atoms with Crippen molar-refractivity contribution in [3.8, 4) is 0 Å². The second-order valence-corrected chi connectivity index (χ2v) is 4.45. The molecule has 0 aliphatic heterocycles. The average molecular weight is 197 g/mol. The van der Waals surface area contributed by atoms with Crippen LogP contribution in [-0.4, -0.2) is 9.78 Å². The molecule has 0 atom stereocenters. The third-order valence-corrected chi connectivity index (χ3v) is 2.10. The zero-order valence-electron chi connectivity index (χ0n) is 9.32. The Bertz CT molecular complexity index is 291. The second kappa shape index (κ2) is 4.11. The topological polar surface area (TPSA) is 53.1 Å². The lowest BCUT2D eigenvalue weighted by molar-refractivity contribution is -0.0272. The number of hydrogen-bond acceptors (Lipinski definition) is 3. The summed E-state index contributed by atoms with van der Waals surface area (Å²) in [5.74, 6) is 5.79. The Morgan fingerprint density at radius 2 is 2.21 bits per heavy atom. The number of hydrogen-bond donors (Lipinski definition) is 1. The van der Waals surface area contributed by atoms with Crippen LogP contribution in [0.2, 0.25) is 0 Å². The largest absolute Gasteiger partial charge is 0.292 e. The van der Waals surface area contributed by atoms with E-state index in [0.717, 1.165) is 12.2 Å². The van der Waals surface area contributed by atoms with E-state index in [9.17, 15) is 0 Å². The van der Waals surface area contributed by atoms with Crippen molar-refractivity contribution in [1.82, 2.24) is 9.78 Å². The predicted molar refractivity (Wildman–Crippen MR) is 55.4 cm³/mol. The minimum absolute atomic E-state index is 0.512. The molecule has 4 heteroatoms. The van der Waals surface area contributed by atoms with Crippen LogP contribution in [0.1, 0.15) is 33.4 Å². The highest BCUT2D eigenvalue weighted by atomic mass is 16.6. The summed E-state index contributed by atoms with van der Waals surface area (Å²) < 4.78 is 1.92. The molecule has 4 nitrogen and oxygen atoms in total.